The molecule has 2 rings (SSSR count). The first kappa shape index (κ1) is 14.8. The lowest BCUT2D eigenvalue weighted by atomic mass is 10.3. The number of halogens is 1. The Morgan fingerprint density at radius 1 is 1.47 bits per heavy atom. The lowest BCUT2D eigenvalue weighted by Gasteiger charge is -2.23. The number of benzene rings is 1. The van der Waals surface area contributed by atoms with Gasteiger partial charge in [0.05, 0.1) is 19.8 Å². The second kappa shape index (κ2) is 5.78. The van der Waals surface area contributed by atoms with E-state index in [1.807, 2.05) is 0 Å². The molecule has 0 amide bonds. The fraction of sp³-hybridized carbons (Fsp3) is 0.500. The van der Waals surface area contributed by atoms with E-state index in [9.17, 15) is 8.42 Å². The van der Waals surface area contributed by atoms with Crippen LogP contribution in [0.3, 0.4) is 0 Å². The van der Waals surface area contributed by atoms with Crippen molar-refractivity contribution in [2.24, 2.45) is 0 Å². The number of hydrogen-bond acceptors (Lipinski definition) is 4. The van der Waals surface area contributed by atoms with Gasteiger partial charge in [-0.05, 0) is 24.6 Å². The Bertz CT molecular complexity index is 555. The Hall–Kier alpha value is -0.630. The Kier molecular flexibility index (Phi) is 4.50. The van der Waals surface area contributed by atoms with E-state index in [2.05, 4.69) is 15.9 Å². The molecular weight excluding hydrogens is 334 g/mol. The normalized spacial score (nSPS) is 19.9. The Morgan fingerprint density at radius 3 is 2.79 bits per heavy atom. The van der Waals surface area contributed by atoms with Crippen LogP contribution in [-0.2, 0) is 14.8 Å². The largest absolute Gasteiger partial charge is 0.495 e. The summed E-state index contributed by atoms with van der Waals surface area (Å²) < 4.78 is 37.7. The summed E-state index contributed by atoms with van der Waals surface area (Å²) in [6.45, 7) is 1.03. The summed E-state index contributed by atoms with van der Waals surface area (Å²) >= 11 is 3.29. The SMILES string of the molecule is COc1ccc(Br)cc1S(=O)(=O)N(C)C1CCOC1. The number of ether oxygens (including phenoxy) is 2. The highest BCUT2D eigenvalue weighted by atomic mass is 79.9. The molecule has 1 aliphatic heterocycles. The molecule has 0 N–H and O–H groups in total. The highest BCUT2D eigenvalue weighted by Gasteiger charge is 2.32. The maximum atomic E-state index is 12.6. The molecule has 0 aliphatic carbocycles. The molecular formula is C12H16BrNO4S. The smallest absolute Gasteiger partial charge is 0.246 e. The minimum Gasteiger partial charge on any atom is -0.495 e. The van der Waals surface area contributed by atoms with E-state index < -0.39 is 10.0 Å². The standard InChI is InChI=1S/C12H16BrNO4S/c1-14(10-5-6-18-8-10)19(15,16)12-7-9(13)3-4-11(12)17-2/h3-4,7,10H,5-6,8H2,1-2H3. The molecule has 1 atom stereocenters. The molecule has 106 valence electrons. The fourth-order valence-corrected chi connectivity index (χ4v) is 4.08. The van der Waals surface area contributed by atoms with Crippen molar-refractivity contribution in [2.45, 2.75) is 17.4 Å². The van der Waals surface area contributed by atoms with Crippen molar-refractivity contribution in [2.75, 3.05) is 27.4 Å². The van der Waals surface area contributed by atoms with Gasteiger partial charge in [0.25, 0.3) is 0 Å². The quantitative estimate of drug-likeness (QED) is 0.832. The van der Waals surface area contributed by atoms with Gasteiger partial charge in [0, 0.05) is 18.1 Å². The van der Waals surface area contributed by atoms with Gasteiger partial charge in [-0.3, -0.25) is 0 Å². The first-order chi connectivity index (χ1) is 8.96. The molecule has 1 heterocycles. The summed E-state index contributed by atoms with van der Waals surface area (Å²) in [4.78, 5) is 0.166. The lowest BCUT2D eigenvalue weighted by molar-refractivity contribution is 0.180. The molecule has 5 nitrogen and oxygen atoms in total. The average Bonchev–Trinajstić information content (AvgIpc) is 2.91. The maximum absolute atomic E-state index is 12.6. The molecule has 7 heteroatoms. The van der Waals surface area contributed by atoms with Gasteiger partial charge in [-0.1, -0.05) is 15.9 Å². The zero-order chi connectivity index (χ0) is 14.0. The van der Waals surface area contributed by atoms with Crippen molar-refractivity contribution in [3.05, 3.63) is 22.7 Å². The third-order valence-corrected chi connectivity index (χ3v) is 5.63. The lowest BCUT2D eigenvalue weighted by Crippen LogP contribution is -2.37. The Labute approximate surface area is 121 Å². The predicted octanol–water partition coefficient (Wildman–Crippen LogP) is 1.87. The number of nitrogens with zero attached hydrogens (tertiary/aromatic N) is 1. The summed E-state index contributed by atoms with van der Waals surface area (Å²) in [5, 5.41) is 0. The molecule has 0 radical (unpaired) electrons. The second-order valence-corrected chi connectivity index (χ2v) is 7.22. The number of methoxy groups -OCH3 is 1. The van der Waals surface area contributed by atoms with Crippen LogP contribution in [0.2, 0.25) is 0 Å². The number of sulfonamides is 1. The third kappa shape index (κ3) is 2.94. The molecule has 1 aliphatic rings. The fourth-order valence-electron chi connectivity index (χ4n) is 2.01. The Morgan fingerprint density at radius 2 is 2.21 bits per heavy atom. The van der Waals surface area contributed by atoms with Crippen LogP contribution in [0.15, 0.2) is 27.6 Å². The molecule has 0 aromatic heterocycles. The van der Waals surface area contributed by atoms with E-state index in [1.54, 1.807) is 25.2 Å². The van der Waals surface area contributed by atoms with E-state index in [-0.39, 0.29) is 10.9 Å². The van der Waals surface area contributed by atoms with Crippen LogP contribution in [0.1, 0.15) is 6.42 Å². The van der Waals surface area contributed by atoms with Gasteiger partial charge in [0.2, 0.25) is 10.0 Å². The maximum Gasteiger partial charge on any atom is 0.246 e. The van der Waals surface area contributed by atoms with Crippen molar-refractivity contribution < 1.29 is 17.9 Å². The van der Waals surface area contributed by atoms with E-state index in [4.69, 9.17) is 9.47 Å². The van der Waals surface area contributed by atoms with Crippen LogP contribution in [0, 0.1) is 0 Å². The first-order valence-corrected chi connectivity index (χ1v) is 8.09. The Balaban J connectivity index is 2.40. The number of hydrogen-bond donors (Lipinski definition) is 0. The summed E-state index contributed by atoms with van der Waals surface area (Å²) in [5.74, 6) is 0.342. The van der Waals surface area contributed by atoms with Gasteiger partial charge < -0.3 is 9.47 Å². The van der Waals surface area contributed by atoms with Crippen molar-refractivity contribution >= 4 is 26.0 Å². The molecule has 1 aromatic rings. The molecule has 0 bridgehead atoms. The van der Waals surface area contributed by atoms with Gasteiger partial charge in [0.1, 0.15) is 10.6 Å². The van der Waals surface area contributed by atoms with E-state index in [1.165, 1.54) is 11.4 Å². The highest BCUT2D eigenvalue weighted by Crippen LogP contribution is 2.30. The molecule has 1 aromatic carbocycles. The first-order valence-electron chi connectivity index (χ1n) is 5.86. The van der Waals surface area contributed by atoms with Gasteiger partial charge in [0.15, 0.2) is 0 Å². The minimum absolute atomic E-state index is 0.117. The topological polar surface area (TPSA) is 55.8 Å². The molecule has 0 spiro atoms. The van der Waals surface area contributed by atoms with Gasteiger partial charge >= 0.3 is 0 Å². The van der Waals surface area contributed by atoms with E-state index in [0.29, 0.717) is 29.9 Å². The van der Waals surface area contributed by atoms with Crippen LogP contribution in [-0.4, -0.2) is 46.1 Å². The van der Waals surface area contributed by atoms with Crippen LogP contribution in [0.5, 0.6) is 5.75 Å². The molecule has 1 unspecified atom stereocenters. The van der Waals surface area contributed by atoms with Crippen molar-refractivity contribution in [1.29, 1.82) is 0 Å². The van der Waals surface area contributed by atoms with Crippen LogP contribution < -0.4 is 4.74 Å². The average molecular weight is 350 g/mol. The molecule has 19 heavy (non-hydrogen) atoms. The minimum atomic E-state index is -3.59. The number of rotatable bonds is 4. The molecule has 1 saturated heterocycles. The van der Waals surface area contributed by atoms with Crippen LogP contribution >= 0.6 is 15.9 Å². The predicted molar refractivity (Wildman–Crippen MR) is 74.9 cm³/mol. The summed E-state index contributed by atoms with van der Waals surface area (Å²) in [6.07, 6.45) is 0.714. The molecule has 1 fully saturated rings. The van der Waals surface area contributed by atoms with Gasteiger partial charge in [-0.2, -0.15) is 4.31 Å². The molecule has 0 saturated carbocycles. The van der Waals surface area contributed by atoms with Crippen molar-refractivity contribution in [3.8, 4) is 5.75 Å². The number of likely N-dealkylation sites (N-methyl/N-ethyl adjacent to an activating group) is 1. The zero-order valence-electron chi connectivity index (χ0n) is 10.8. The third-order valence-electron chi connectivity index (χ3n) is 3.20. The van der Waals surface area contributed by atoms with Crippen molar-refractivity contribution in [1.82, 2.24) is 4.31 Å². The van der Waals surface area contributed by atoms with E-state index >= 15 is 0 Å². The summed E-state index contributed by atoms with van der Waals surface area (Å²) in [5.41, 5.74) is 0. The van der Waals surface area contributed by atoms with Gasteiger partial charge in [-0.25, -0.2) is 8.42 Å². The van der Waals surface area contributed by atoms with Crippen LogP contribution in [0.4, 0.5) is 0 Å². The highest BCUT2D eigenvalue weighted by molar-refractivity contribution is 9.10. The van der Waals surface area contributed by atoms with E-state index in [0.717, 1.165) is 0 Å². The summed E-state index contributed by atoms with van der Waals surface area (Å²) in [6, 6.07) is 4.82. The zero-order valence-corrected chi connectivity index (χ0v) is 13.2. The van der Waals surface area contributed by atoms with Gasteiger partial charge in [-0.15, -0.1) is 0 Å². The summed E-state index contributed by atoms with van der Waals surface area (Å²) in [7, 11) is -0.552. The van der Waals surface area contributed by atoms with Crippen molar-refractivity contribution in [3.63, 3.8) is 0 Å². The second-order valence-electron chi connectivity index (χ2n) is 4.33. The monoisotopic (exact) mass is 349 g/mol. The van der Waals surface area contributed by atoms with Crippen LogP contribution in [0.25, 0.3) is 0 Å².